The molecular formula is C44H44ClN9O5. The zero-order valence-electron chi connectivity index (χ0n) is 32.5. The number of carbonyl (C=O) groups excluding carboxylic acids is 3. The zero-order valence-corrected chi connectivity index (χ0v) is 33.2. The fraction of sp³-hybridized carbons (Fsp3) is 0.432. The van der Waals surface area contributed by atoms with Gasteiger partial charge in [0.05, 0.1) is 28.0 Å². The first-order valence-corrected chi connectivity index (χ1v) is 21.1. The number of hydrogen-bond acceptors (Lipinski definition) is 12. The van der Waals surface area contributed by atoms with E-state index in [2.05, 4.69) is 71.0 Å². The molecule has 2 unspecified atom stereocenters. The summed E-state index contributed by atoms with van der Waals surface area (Å²) < 4.78 is 11.8. The number of amides is 3. The van der Waals surface area contributed by atoms with Crippen LogP contribution >= 0.6 is 11.6 Å². The lowest BCUT2D eigenvalue weighted by Crippen LogP contribution is -2.47. The molecule has 2 N–H and O–H groups in total. The van der Waals surface area contributed by atoms with Crippen molar-refractivity contribution in [2.45, 2.75) is 56.6 Å². The number of halogens is 1. The molecule has 15 heteroatoms. The average molecular weight is 814 g/mol. The maximum absolute atomic E-state index is 13.1. The molecule has 5 aliphatic rings. The molecule has 3 amide bonds. The highest BCUT2D eigenvalue weighted by Gasteiger charge is 2.56. The third-order valence-corrected chi connectivity index (χ3v) is 13.5. The van der Waals surface area contributed by atoms with E-state index >= 15 is 0 Å². The van der Waals surface area contributed by atoms with Crippen molar-refractivity contribution in [3.05, 3.63) is 82.6 Å². The molecule has 2 aliphatic carbocycles. The SMILES string of the molecule is N#Cc1ccc(OC2CCC(NC(=O)c3ccc(N4C[C@@H]5C(CN6CCN(c7cccc8c7ccc7onc(C9CCC(=O)NC9=O)c78)CC6)[C@@H]5C4)nn3)CC2)cc1Cl. The van der Waals surface area contributed by atoms with Crippen molar-refractivity contribution in [3.8, 4) is 11.8 Å². The summed E-state index contributed by atoms with van der Waals surface area (Å²) in [6, 6.07) is 21.3. The van der Waals surface area contributed by atoms with Gasteiger partial charge < -0.3 is 24.4 Å². The third-order valence-electron chi connectivity index (χ3n) is 13.2. The van der Waals surface area contributed by atoms with Gasteiger partial charge in [0.2, 0.25) is 11.8 Å². The topological polar surface area (TPSA) is 170 Å². The number of carbonyl (C=O) groups is 3. The molecule has 5 fully saturated rings. The van der Waals surface area contributed by atoms with Gasteiger partial charge in [0, 0.05) is 75.4 Å². The quantitative estimate of drug-likeness (QED) is 0.181. The minimum absolute atomic E-state index is 0.0311. The van der Waals surface area contributed by atoms with Crippen LogP contribution < -0.4 is 25.2 Å². The van der Waals surface area contributed by atoms with E-state index in [4.69, 9.17) is 26.1 Å². The van der Waals surface area contributed by atoms with Crippen molar-refractivity contribution >= 4 is 62.6 Å². The van der Waals surface area contributed by atoms with E-state index < -0.39 is 5.92 Å². The van der Waals surface area contributed by atoms with Gasteiger partial charge in [-0.15, -0.1) is 10.2 Å². The number of piperidine rings is 2. The number of benzene rings is 3. The average Bonchev–Trinajstić information content (AvgIpc) is 3.54. The molecule has 59 heavy (non-hydrogen) atoms. The van der Waals surface area contributed by atoms with Gasteiger partial charge in [0.25, 0.3) is 5.91 Å². The number of rotatable bonds is 9. The van der Waals surface area contributed by atoms with Crippen LogP contribution in [-0.2, 0) is 9.59 Å². The summed E-state index contributed by atoms with van der Waals surface area (Å²) in [5.41, 5.74) is 3.17. The molecule has 302 valence electrons. The van der Waals surface area contributed by atoms with Crippen molar-refractivity contribution in [1.29, 1.82) is 5.26 Å². The number of nitriles is 1. The van der Waals surface area contributed by atoms with Gasteiger partial charge in [-0.3, -0.25) is 24.6 Å². The first-order chi connectivity index (χ1) is 28.8. The highest BCUT2D eigenvalue weighted by molar-refractivity contribution is 6.31. The summed E-state index contributed by atoms with van der Waals surface area (Å²) >= 11 is 6.16. The van der Waals surface area contributed by atoms with Gasteiger partial charge in [-0.2, -0.15) is 5.26 Å². The molecular weight excluding hydrogens is 770 g/mol. The Bertz CT molecular complexity index is 2480. The second-order valence-electron chi connectivity index (χ2n) is 16.7. The second-order valence-corrected chi connectivity index (χ2v) is 17.1. The first kappa shape index (κ1) is 37.5. The number of nitrogens with zero attached hydrogens (tertiary/aromatic N) is 7. The maximum atomic E-state index is 13.1. The van der Waals surface area contributed by atoms with Crippen LogP contribution in [0.1, 0.15) is 66.2 Å². The number of ether oxygens (including phenoxy) is 1. The molecule has 3 saturated heterocycles. The molecule has 14 nitrogen and oxygen atoms in total. The molecule has 4 atom stereocenters. The second kappa shape index (κ2) is 15.4. The van der Waals surface area contributed by atoms with Crippen LogP contribution in [0.2, 0.25) is 5.02 Å². The van der Waals surface area contributed by atoms with Crippen LogP contribution in [0.25, 0.3) is 21.7 Å². The van der Waals surface area contributed by atoms with E-state index in [1.165, 1.54) is 5.69 Å². The minimum atomic E-state index is -0.513. The number of aromatic nitrogens is 3. The summed E-state index contributed by atoms with van der Waals surface area (Å²) in [5.74, 6) is 2.17. The standard InChI is InChI=1S/C44H44ClN9O5/c45-35-20-28(7-4-25(35)21-46)58-27-8-5-26(6-9-27)47-44(57)36-12-14-39(50-49-36)54-23-33-32(34(33)24-54)22-52-16-18-53(19-17-52)37-3-1-2-30-29(37)10-13-38-41(30)42(51-59-38)31-11-15-40(55)48-43(31)56/h1-4,7,10,12-14,20,26-27,31-34H,5-6,8-9,11,15-19,22-24H2,(H,47,57)(H,48,55,56)/t26?,27?,31?,32?,33-,34+. The van der Waals surface area contributed by atoms with Gasteiger partial charge in [-0.1, -0.05) is 28.9 Å². The molecule has 2 saturated carbocycles. The normalized spacial score (nSPS) is 25.8. The van der Waals surface area contributed by atoms with Gasteiger partial charge in [0.15, 0.2) is 17.1 Å². The minimum Gasteiger partial charge on any atom is -0.490 e. The van der Waals surface area contributed by atoms with E-state index in [9.17, 15) is 14.4 Å². The molecule has 3 aromatic carbocycles. The van der Waals surface area contributed by atoms with Crippen LogP contribution in [0.5, 0.6) is 5.75 Å². The zero-order chi connectivity index (χ0) is 40.2. The van der Waals surface area contributed by atoms with Crippen molar-refractivity contribution in [1.82, 2.24) is 30.9 Å². The molecule has 0 radical (unpaired) electrons. The summed E-state index contributed by atoms with van der Waals surface area (Å²) in [6.45, 7) is 6.86. The lowest BCUT2D eigenvalue weighted by molar-refractivity contribution is -0.134. The fourth-order valence-corrected chi connectivity index (χ4v) is 10.1. The Kier molecular flexibility index (Phi) is 9.81. The van der Waals surface area contributed by atoms with Gasteiger partial charge in [0.1, 0.15) is 17.5 Å². The molecule has 3 aliphatic heterocycles. The van der Waals surface area contributed by atoms with Crippen LogP contribution in [0, 0.1) is 29.1 Å². The predicted octanol–water partition coefficient (Wildman–Crippen LogP) is 5.44. The van der Waals surface area contributed by atoms with Gasteiger partial charge in [-0.05, 0) is 97.7 Å². The number of fused-ring (bicyclic) bond motifs is 4. The molecule has 5 heterocycles. The van der Waals surface area contributed by atoms with Crippen molar-refractivity contribution in [2.75, 3.05) is 55.6 Å². The number of hydrogen-bond donors (Lipinski definition) is 2. The molecule has 5 aromatic rings. The summed E-state index contributed by atoms with van der Waals surface area (Å²) in [4.78, 5) is 45.0. The summed E-state index contributed by atoms with van der Waals surface area (Å²) in [5, 5.41) is 31.1. The Hall–Kier alpha value is -5.78. The lowest BCUT2D eigenvalue weighted by atomic mass is 9.91. The predicted molar refractivity (Wildman–Crippen MR) is 220 cm³/mol. The van der Waals surface area contributed by atoms with E-state index in [0.717, 1.165) is 93.5 Å². The van der Waals surface area contributed by atoms with Crippen molar-refractivity contribution in [3.63, 3.8) is 0 Å². The Labute approximate surface area is 345 Å². The van der Waals surface area contributed by atoms with Crippen LogP contribution in [0.4, 0.5) is 11.5 Å². The summed E-state index contributed by atoms with van der Waals surface area (Å²) in [6.07, 6.45) is 3.95. The van der Waals surface area contributed by atoms with Crippen molar-refractivity contribution in [2.24, 2.45) is 17.8 Å². The monoisotopic (exact) mass is 813 g/mol. The fourth-order valence-electron chi connectivity index (χ4n) is 9.90. The van der Waals surface area contributed by atoms with E-state index in [0.29, 0.717) is 57.5 Å². The van der Waals surface area contributed by atoms with E-state index in [-0.39, 0.29) is 36.3 Å². The number of piperazine rings is 1. The highest BCUT2D eigenvalue weighted by atomic mass is 35.5. The summed E-state index contributed by atoms with van der Waals surface area (Å²) in [7, 11) is 0. The smallest absolute Gasteiger partial charge is 0.272 e. The van der Waals surface area contributed by atoms with E-state index in [1.807, 2.05) is 12.1 Å². The first-order valence-electron chi connectivity index (χ1n) is 20.7. The Morgan fingerprint density at radius 2 is 1.75 bits per heavy atom. The molecule has 2 aromatic heterocycles. The largest absolute Gasteiger partial charge is 0.490 e. The van der Waals surface area contributed by atoms with Crippen LogP contribution in [0.15, 0.2) is 65.2 Å². The lowest BCUT2D eigenvalue weighted by Gasteiger charge is -2.37. The van der Waals surface area contributed by atoms with E-state index in [1.54, 1.807) is 24.3 Å². The third kappa shape index (κ3) is 7.31. The highest BCUT2D eigenvalue weighted by Crippen LogP contribution is 2.52. The van der Waals surface area contributed by atoms with Crippen LogP contribution in [-0.4, -0.2) is 95.9 Å². The number of nitrogens with one attached hydrogen (secondary N) is 2. The van der Waals surface area contributed by atoms with Gasteiger partial charge >= 0.3 is 0 Å². The maximum Gasteiger partial charge on any atom is 0.272 e. The Balaban J connectivity index is 0.686. The number of anilines is 2. The van der Waals surface area contributed by atoms with Gasteiger partial charge in [-0.25, -0.2) is 0 Å². The number of imide groups is 1. The Morgan fingerprint density at radius 1 is 0.932 bits per heavy atom. The molecule has 10 rings (SSSR count). The Morgan fingerprint density at radius 3 is 2.47 bits per heavy atom. The van der Waals surface area contributed by atoms with Crippen molar-refractivity contribution < 1.29 is 23.6 Å². The molecule has 0 spiro atoms. The van der Waals surface area contributed by atoms with Crippen LogP contribution in [0.3, 0.4) is 0 Å². The molecule has 0 bridgehead atoms.